The number of hydrogen-bond donors (Lipinski definition) is 3. The van der Waals surface area contributed by atoms with Crippen molar-refractivity contribution in [3.63, 3.8) is 0 Å². The van der Waals surface area contributed by atoms with Crippen LogP contribution in [0.1, 0.15) is 68.5 Å². The number of fused-ring (bicyclic) bond motifs is 1. The molecular formula is C28H36F6N6O5. The Morgan fingerprint density at radius 3 is 2.07 bits per heavy atom. The number of aromatic nitrogens is 4. The molecule has 0 bridgehead atoms. The maximum atomic E-state index is 10.6. The fraction of sp³-hybridized carbons (Fsp3) is 0.607. The molecule has 2 saturated heterocycles. The molecule has 0 aliphatic carbocycles. The number of aliphatic carboxylic acids is 2. The molecule has 2 aliphatic rings. The number of halogens is 6. The molecule has 2 fully saturated rings. The molecule has 11 nitrogen and oxygen atoms in total. The average Bonchev–Trinajstić information content (AvgIpc) is 3.59. The van der Waals surface area contributed by atoms with Crippen LogP contribution in [0.3, 0.4) is 0 Å². The minimum absolute atomic E-state index is 0.335. The number of likely N-dealkylation sites (tertiary alicyclic amines) is 1. The quantitative estimate of drug-likeness (QED) is 0.312. The SMILES string of the molecule is Cc1ccc2c(C(C)C)nn(-c3noc(C4CCN(CC5CCNCC5)CC4)n3)c2c1.O=C(O)C(F)(F)F.O=C(O)C(F)(F)F. The number of piperidine rings is 2. The molecule has 0 atom stereocenters. The van der Waals surface area contributed by atoms with Crippen molar-refractivity contribution >= 4 is 22.8 Å². The Hall–Kier alpha value is -3.73. The van der Waals surface area contributed by atoms with Crippen LogP contribution in [0.4, 0.5) is 26.3 Å². The lowest BCUT2D eigenvalue weighted by molar-refractivity contribution is -0.193. The Labute approximate surface area is 254 Å². The predicted molar refractivity (Wildman–Crippen MR) is 149 cm³/mol. The predicted octanol–water partition coefficient (Wildman–Crippen LogP) is 5.29. The monoisotopic (exact) mass is 650 g/mol. The number of nitrogens with one attached hydrogen (secondary N) is 1. The summed E-state index contributed by atoms with van der Waals surface area (Å²) in [7, 11) is 0. The lowest BCUT2D eigenvalue weighted by Crippen LogP contribution is -2.39. The van der Waals surface area contributed by atoms with Gasteiger partial charge in [-0.2, -0.15) is 41.1 Å². The summed E-state index contributed by atoms with van der Waals surface area (Å²) in [6, 6.07) is 6.45. The van der Waals surface area contributed by atoms with E-state index in [1.807, 2.05) is 4.68 Å². The van der Waals surface area contributed by atoms with Gasteiger partial charge in [-0.15, -0.1) is 0 Å². The first-order valence-electron chi connectivity index (χ1n) is 14.3. The van der Waals surface area contributed by atoms with Crippen LogP contribution < -0.4 is 5.32 Å². The van der Waals surface area contributed by atoms with Crippen LogP contribution in [0, 0.1) is 12.8 Å². The number of benzene rings is 1. The second-order valence-electron chi connectivity index (χ2n) is 11.3. The van der Waals surface area contributed by atoms with Crippen LogP contribution in [0.25, 0.3) is 16.9 Å². The molecule has 5 rings (SSSR count). The van der Waals surface area contributed by atoms with Crippen LogP contribution >= 0.6 is 0 Å². The van der Waals surface area contributed by atoms with E-state index in [0.29, 0.717) is 17.8 Å². The second-order valence-corrected chi connectivity index (χ2v) is 11.3. The molecule has 45 heavy (non-hydrogen) atoms. The van der Waals surface area contributed by atoms with E-state index in [-0.39, 0.29) is 0 Å². The lowest BCUT2D eigenvalue weighted by atomic mass is 9.93. The normalized spacial score (nSPS) is 17.0. The molecule has 2 aromatic heterocycles. The zero-order chi connectivity index (χ0) is 33.5. The van der Waals surface area contributed by atoms with Crippen LogP contribution in [-0.4, -0.2) is 92.0 Å². The fourth-order valence-corrected chi connectivity index (χ4v) is 5.10. The van der Waals surface area contributed by atoms with Gasteiger partial charge in [-0.1, -0.05) is 26.0 Å². The first-order chi connectivity index (χ1) is 21.0. The molecular weight excluding hydrogens is 614 g/mol. The molecule has 0 unspecified atom stereocenters. The second kappa shape index (κ2) is 15.0. The number of carboxylic acids is 2. The number of carboxylic acid groups (broad SMARTS) is 2. The Kier molecular flexibility index (Phi) is 11.9. The third-order valence-electron chi connectivity index (χ3n) is 7.43. The van der Waals surface area contributed by atoms with Crippen LogP contribution in [0.2, 0.25) is 0 Å². The van der Waals surface area contributed by atoms with E-state index in [9.17, 15) is 26.3 Å². The van der Waals surface area contributed by atoms with Gasteiger partial charge in [0, 0.05) is 17.8 Å². The van der Waals surface area contributed by atoms with Gasteiger partial charge in [0.1, 0.15) is 0 Å². The van der Waals surface area contributed by atoms with Gasteiger partial charge in [0.25, 0.3) is 5.95 Å². The summed E-state index contributed by atoms with van der Waals surface area (Å²) in [6.07, 6.45) is -5.38. The summed E-state index contributed by atoms with van der Waals surface area (Å²) < 4.78 is 71.1. The molecule has 3 aromatic rings. The van der Waals surface area contributed by atoms with E-state index >= 15 is 0 Å². The standard InChI is InChI=1S/C24H34N6O.2C2HF3O2/c1-16(2)22-20-5-4-17(3)14-21(20)30(27-22)24-26-23(31-28-24)19-8-12-29(13-9-19)15-18-6-10-25-11-7-18;2*3-2(4,5)1(6)7/h4-5,14,16,18-19,25H,6-13,15H2,1-3H3;2*(H,6,7). The molecule has 1 aromatic carbocycles. The van der Waals surface area contributed by atoms with Crippen molar-refractivity contribution in [3.05, 3.63) is 35.3 Å². The minimum Gasteiger partial charge on any atom is -0.475 e. The van der Waals surface area contributed by atoms with Gasteiger partial charge in [-0.25, -0.2) is 9.59 Å². The molecule has 17 heteroatoms. The van der Waals surface area contributed by atoms with E-state index in [4.69, 9.17) is 34.4 Å². The zero-order valence-corrected chi connectivity index (χ0v) is 25.0. The highest BCUT2D eigenvalue weighted by molar-refractivity contribution is 5.84. The molecule has 4 heterocycles. The number of aryl methyl sites for hydroxylation is 1. The van der Waals surface area contributed by atoms with Crippen LogP contribution in [0.5, 0.6) is 0 Å². The Morgan fingerprint density at radius 1 is 1.00 bits per heavy atom. The average molecular weight is 651 g/mol. The molecule has 0 spiro atoms. The van der Waals surface area contributed by atoms with Gasteiger partial charge in [0.2, 0.25) is 5.89 Å². The van der Waals surface area contributed by atoms with E-state index in [0.717, 1.165) is 54.3 Å². The molecule has 0 radical (unpaired) electrons. The Bertz CT molecular complexity index is 1400. The zero-order valence-electron chi connectivity index (χ0n) is 25.0. The molecule has 250 valence electrons. The van der Waals surface area contributed by atoms with E-state index in [1.54, 1.807) is 0 Å². The highest BCUT2D eigenvalue weighted by Crippen LogP contribution is 2.31. The highest BCUT2D eigenvalue weighted by Gasteiger charge is 2.39. The molecule has 3 N–H and O–H groups in total. The highest BCUT2D eigenvalue weighted by atomic mass is 19.4. The van der Waals surface area contributed by atoms with Crippen molar-refractivity contribution in [1.82, 2.24) is 30.1 Å². The number of nitrogens with zero attached hydrogens (tertiary/aromatic N) is 5. The van der Waals surface area contributed by atoms with Crippen molar-refractivity contribution in [3.8, 4) is 5.95 Å². The molecule has 2 aliphatic heterocycles. The van der Waals surface area contributed by atoms with Crippen molar-refractivity contribution in [2.24, 2.45) is 5.92 Å². The summed E-state index contributed by atoms with van der Waals surface area (Å²) in [4.78, 5) is 25.2. The summed E-state index contributed by atoms with van der Waals surface area (Å²) in [5.41, 5.74) is 3.33. The molecule has 0 amide bonds. The number of rotatable bonds is 5. The fourth-order valence-electron chi connectivity index (χ4n) is 5.10. The summed E-state index contributed by atoms with van der Waals surface area (Å²) in [6.45, 7) is 12.3. The smallest absolute Gasteiger partial charge is 0.475 e. The minimum atomic E-state index is -5.08. The van der Waals surface area contributed by atoms with Gasteiger partial charge in [0.05, 0.1) is 11.2 Å². The number of alkyl halides is 6. The topological polar surface area (TPSA) is 147 Å². The number of carbonyl (C=O) groups is 2. The maximum absolute atomic E-state index is 10.6. The molecule has 0 saturated carbocycles. The maximum Gasteiger partial charge on any atom is 0.490 e. The summed E-state index contributed by atoms with van der Waals surface area (Å²) >= 11 is 0. The largest absolute Gasteiger partial charge is 0.490 e. The first-order valence-corrected chi connectivity index (χ1v) is 14.3. The van der Waals surface area contributed by atoms with Crippen molar-refractivity contribution in [2.75, 3.05) is 32.7 Å². The Balaban J connectivity index is 0.000000331. The van der Waals surface area contributed by atoms with Gasteiger partial charge in [-0.05, 0) is 87.4 Å². The third kappa shape index (κ3) is 10.1. The first kappa shape index (κ1) is 35.7. The van der Waals surface area contributed by atoms with Gasteiger partial charge >= 0.3 is 24.3 Å². The van der Waals surface area contributed by atoms with Gasteiger partial charge < -0.3 is 25.0 Å². The summed E-state index contributed by atoms with van der Waals surface area (Å²) in [5, 5.41) is 28.1. The van der Waals surface area contributed by atoms with Crippen molar-refractivity contribution in [1.29, 1.82) is 0 Å². The number of hydrogen-bond acceptors (Lipinski definition) is 8. The van der Waals surface area contributed by atoms with E-state index < -0.39 is 24.3 Å². The van der Waals surface area contributed by atoms with E-state index in [1.165, 1.54) is 38.0 Å². The summed E-state index contributed by atoms with van der Waals surface area (Å²) in [5.74, 6) is -2.67. The third-order valence-corrected chi connectivity index (χ3v) is 7.43. The Morgan fingerprint density at radius 2 is 1.56 bits per heavy atom. The van der Waals surface area contributed by atoms with E-state index in [2.05, 4.69) is 54.3 Å². The van der Waals surface area contributed by atoms with Gasteiger partial charge in [0.15, 0.2) is 0 Å². The van der Waals surface area contributed by atoms with Crippen LogP contribution in [-0.2, 0) is 9.59 Å². The van der Waals surface area contributed by atoms with Crippen LogP contribution in [0.15, 0.2) is 22.7 Å². The van der Waals surface area contributed by atoms with Crippen molar-refractivity contribution in [2.45, 2.75) is 70.6 Å². The van der Waals surface area contributed by atoms with Gasteiger partial charge in [-0.3, -0.25) is 0 Å². The van der Waals surface area contributed by atoms with Crippen molar-refractivity contribution < 1.29 is 50.7 Å². The lowest BCUT2D eigenvalue weighted by Gasteiger charge is -2.34.